The molecule has 4 aromatic rings. The molecule has 178 valence electrons. The normalized spacial score (nSPS) is 17.9. The maximum atomic E-state index is 13.0. The van der Waals surface area contributed by atoms with E-state index in [0.717, 1.165) is 41.7 Å². The van der Waals surface area contributed by atoms with Gasteiger partial charge in [0.15, 0.2) is 5.78 Å². The number of aromatic nitrogens is 4. The topological polar surface area (TPSA) is 72.6 Å². The van der Waals surface area contributed by atoms with Crippen molar-refractivity contribution < 1.29 is 18.3 Å². The van der Waals surface area contributed by atoms with Crippen molar-refractivity contribution >= 4 is 29.1 Å². The van der Waals surface area contributed by atoms with E-state index in [-0.39, 0.29) is 18.0 Å². The minimum absolute atomic E-state index is 0.0688. The fourth-order valence-electron chi connectivity index (χ4n) is 4.78. The first-order chi connectivity index (χ1) is 17.1. The SMILES string of the molecule is O=C1C[C@H](c2ccccc2OC(F)F)c2c1nc1ccc(-c3cnc(N4CCSCC4)nc3)cn21. The Kier molecular flexibility index (Phi) is 5.60. The number of imidazole rings is 1. The third kappa shape index (κ3) is 4.01. The Morgan fingerprint density at radius 2 is 1.80 bits per heavy atom. The summed E-state index contributed by atoms with van der Waals surface area (Å²) in [6.07, 6.45) is 5.66. The van der Waals surface area contributed by atoms with Gasteiger partial charge in [-0.3, -0.25) is 4.79 Å². The average molecular weight is 494 g/mol. The molecule has 0 bridgehead atoms. The molecule has 1 fully saturated rings. The van der Waals surface area contributed by atoms with Crippen LogP contribution in [0, 0.1) is 0 Å². The van der Waals surface area contributed by atoms with Gasteiger partial charge in [-0.2, -0.15) is 20.5 Å². The molecule has 0 spiro atoms. The third-order valence-corrected chi connectivity index (χ3v) is 7.36. The van der Waals surface area contributed by atoms with Crippen molar-refractivity contribution in [1.82, 2.24) is 19.4 Å². The van der Waals surface area contributed by atoms with Gasteiger partial charge in [0.25, 0.3) is 0 Å². The number of benzene rings is 1. The van der Waals surface area contributed by atoms with Crippen LogP contribution in [0.4, 0.5) is 14.7 Å². The van der Waals surface area contributed by atoms with E-state index in [9.17, 15) is 13.6 Å². The highest BCUT2D eigenvalue weighted by Crippen LogP contribution is 2.42. The minimum Gasteiger partial charge on any atom is -0.435 e. The maximum absolute atomic E-state index is 13.0. The van der Waals surface area contributed by atoms with Gasteiger partial charge < -0.3 is 14.0 Å². The number of halogens is 2. The van der Waals surface area contributed by atoms with Crippen LogP contribution in [0.1, 0.15) is 34.1 Å². The number of nitrogens with zero attached hydrogens (tertiary/aromatic N) is 5. The lowest BCUT2D eigenvalue weighted by atomic mass is 9.95. The number of pyridine rings is 1. The molecule has 0 radical (unpaired) electrons. The zero-order valence-corrected chi connectivity index (χ0v) is 19.4. The summed E-state index contributed by atoms with van der Waals surface area (Å²) in [5, 5.41) is 0. The standard InChI is InChI=1S/C25H21F2N5O2S/c26-24(27)34-20-4-2-1-3-17(20)18-11-19(33)22-23(18)32-14-15(5-6-21(32)30-22)16-12-28-25(29-13-16)31-7-9-35-10-8-31/h1-6,12-14,18,24H,7-11H2/t18-/m1/s1. The molecule has 1 saturated heterocycles. The van der Waals surface area contributed by atoms with Crippen LogP contribution in [0.25, 0.3) is 16.8 Å². The molecule has 1 aromatic carbocycles. The summed E-state index contributed by atoms with van der Waals surface area (Å²) in [6, 6.07) is 10.4. The first-order valence-electron chi connectivity index (χ1n) is 11.3. The summed E-state index contributed by atoms with van der Waals surface area (Å²) in [7, 11) is 0. The number of rotatable bonds is 5. The molecule has 0 saturated carbocycles. The molecule has 1 aliphatic heterocycles. The molecule has 35 heavy (non-hydrogen) atoms. The molecule has 10 heteroatoms. The molecular formula is C25H21F2N5O2S. The van der Waals surface area contributed by atoms with Crippen LogP contribution in [0.5, 0.6) is 5.75 Å². The number of hydrogen-bond acceptors (Lipinski definition) is 7. The third-order valence-electron chi connectivity index (χ3n) is 6.42. The number of para-hydroxylation sites is 1. The average Bonchev–Trinajstić information content (AvgIpc) is 3.42. The van der Waals surface area contributed by atoms with E-state index >= 15 is 0 Å². The van der Waals surface area contributed by atoms with E-state index in [4.69, 9.17) is 4.74 Å². The van der Waals surface area contributed by atoms with Gasteiger partial charge in [0.2, 0.25) is 5.95 Å². The molecule has 1 aliphatic carbocycles. The van der Waals surface area contributed by atoms with Crippen LogP contribution in [-0.2, 0) is 0 Å². The highest BCUT2D eigenvalue weighted by atomic mass is 32.2. The van der Waals surface area contributed by atoms with Gasteiger partial charge in [0.1, 0.15) is 17.1 Å². The van der Waals surface area contributed by atoms with Gasteiger partial charge in [0.05, 0.1) is 5.69 Å². The molecule has 0 N–H and O–H groups in total. The molecule has 1 atom stereocenters. The van der Waals surface area contributed by atoms with Crippen LogP contribution < -0.4 is 9.64 Å². The van der Waals surface area contributed by atoms with Crippen molar-refractivity contribution in [3.05, 3.63) is 71.9 Å². The van der Waals surface area contributed by atoms with Gasteiger partial charge in [-0.1, -0.05) is 18.2 Å². The van der Waals surface area contributed by atoms with Gasteiger partial charge in [0, 0.05) is 72.2 Å². The van der Waals surface area contributed by atoms with Gasteiger partial charge in [-0.05, 0) is 18.2 Å². The number of hydrogen-bond donors (Lipinski definition) is 0. The quantitative estimate of drug-likeness (QED) is 0.400. The number of ether oxygens (including phenoxy) is 1. The number of fused-ring (bicyclic) bond motifs is 3. The highest BCUT2D eigenvalue weighted by molar-refractivity contribution is 7.99. The smallest absolute Gasteiger partial charge is 0.387 e. The maximum Gasteiger partial charge on any atom is 0.387 e. The number of anilines is 1. The summed E-state index contributed by atoms with van der Waals surface area (Å²) >= 11 is 1.93. The zero-order valence-electron chi connectivity index (χ0n) is 18.6. The molecule has 3 aromatic heterocycles. The van der Waals surface area contributed by atoms with Gasteiger partial charge in [-0.15, -0.1) is 0 Å². The number of Topliss-reactive ketones (excluding diaryl/α,β-unsaturated/α-hetero) is 1. The lowest BCUT2D eigenvalue weighted by Crippen LogP contribution is -2.33. The van der Waals surface area contributed by atoms with E-state index in [1.807, 2.05) is 34.5 Å². The largest absolute Gasteiger partial charge is 0.435 e. The second-order valence-corrected chi connectivity index (χ2v) is 9.68. The van der Waals surface area contributed by atoms with Crippen LogP contribution in [0.15, 0.2) is 55.0 Å². The van der Waals surface area contributed by atoms with E-state index in [1.54, 1.807) is 30.6 Å². The molecule has 2 aliphatic rings. The highest BCUT2D eigenvalue weighted by Gasteiger charge is 2.37. The predicted molar refractivity (Wildman–Crippen MR) is 130 cm³/mol. The second-order valence-electron chi connectivity index (χ2n) is 8.46. The van der Waals surface area contributed by atoms with Crippen molar-refractivity contribution in [1.29, 1.82) is 0 Å². The van der Waals surface area contributed by atoms with Gasteiger partial charge in [-0.25, -0.2) is 15.0 Å². The predicted octanol–water partition coefficient (Wildman–Crippen LogP) is 4.66. The van der Waals surface area contributed by atoms with E-state index in [2.05, 4.69) is 19.9 Å². The second kappa shape index (κ2) is 8.92. The summed E-state index contributed by atoms with van der Waals surface area (Å²) in [5.41, 5.74) is 3.92. The Hall–Kier alpha value is -3.53. The Bertz CT molecular complexity index is 1400. The fraction of sp³-hybridized carbons (Fsp3) is 0.280. The summed E-state index contributed by atoms with van der Waals surface area (Å²) in [5.74, 6) is 2.37. The van der Waals surface area contributed by atoms with Crippen molar-refractivity contribution in [2.75, 3.05) is 29.5 Å². The first-order valence-corrected chi connectivity index (χ1v) is 12.5. The lowest BCUT2D eigenvalue weighted by molar-refractivity contribution is -0.0505. The number of carbonyl (C=O) groups excluding carboxylic acids is 1. The summed E-state index contributed by atoms with van der Waals surface area (Å²) in [4.78, 5) is 28.7. The number of thioether (sulfide) groups is 1. The number of carbonyl (C=O) groups is 1. The summed E-state index contributed by atoms with van der Waals surface area (Å²) in [6.45, 7) is -1.08. The molecule has 4 heterocycles. The van der Waals surface area contributed by atoms with E-state index in [0.29, 0.717) is 22.6 Å². The van der Waals surface area contributed by atoms with Gasteiger partial charge >= 0.3 is 6.61 Å². The molecule has 7 nitrogen and oxygen atoms in total. The van der Waals surface area contributed by atoms with Crippen LogP contribution in [-0.4, -0.2) is 56.3 Å². The van der Waals surface area contributed by atoms with Crippen LogP contribution >= 0.6 is 11.8 Å². The van der Waals surface area contributed by atoms with Crippen molar-refractivity contribution in [3.8, 4) is 16.9 Å². The Balaban J connectivity index is 1.39. The molecular weight excluding hydrogens is 472 g/mol. The van der Waals surface area contributed by atoms with E-state index < -0.39 is 12.5 Å². The molecule has 0 unspecified atom stereocenters. The Morgan fingerprint density at radius 1 is 1.03 bits per heavy atom. The first kappa shape index (κ1) is 22.0. The molecule has 6 rings (SSSR count). The van der Waals surface area contributed by atoms with Crippen molar-refractivity contribution in [2.45, 2.75) is 19.0 Å². The molecule has 0 amide bonds. The Labute approximate surface area is 204 Å². The van der Waals surface area contributed by atoms with Crippen LogP contribution in [0.2, 0.25) is 0 Å². The van der Waals surface area contributed by atoms with Crippen LogP contribution in [0.3, 0.4) is 0 Å². The number of alkyl halides is 2. The van der Waals surface area contributed by atoms with E-state index in [1.165, 1.54) is 6.07 Å². The van der Waals surface area contributed by atoms with Crippen molar-refractivity contribution in [3.63, 3.8) is 0 Å². The monoisotopic (exact) mass is 493 g/mol. The Morgan fingerprint density at radius 3 is 2.57 bits per heavy atom. The lowest BCUT2D eigenvalue weighted by Gasteiger charge is -2.26. The zero-order chi connectivity index (χ0) is 23.9. The minimum atomic E-state index is -2.95. The fourth-order valence-corrected chi connectivity index (χ4v) is 5.68. The number of ketones is 1. The summed E-state index contributed by atoms with van der Waals surface area (Å²) < 4.78 is 32.7. The van der Waals surface area contributed by atoms with Crippen molar-refractivity contribution in [2.24, 2.45) is 0 Å².